The first-order valence-electron chi connectivity index (χ1n) is 6.98. The van der Waals surface area contributed by atoms with Crippen LogP contribution >= 0.6 is 11.8 Å². The first-order chi connectivity index (χ1) is 10.1. The maximum absolute atomic E-state index is 9.44. The van der Waals surface area contributed by atoms with E-state index in [-0.39, 0.29) is 0 Å². The molecule has 5 nitrogen and oxygen atoms in total. The number of nitrogens with one attached hydrogen (secondary N) is 2. The van der Waals surface area contributed by atoms with Gasteiger partial charge in [0.05, 0.1) is 10.7 Å². The monoisotopic (exact) mass is 301 g/mol. The zero-order valence-electron chi connectivity index (χ0n) is 12.5. The summed E-state index contributed by atoms with van der Waals surface area (Å²) in [4.78, 5) is 8.62. The lowest BCUT2D eigenvalue weighted by Crippen LogP contribution is -2.11. The summed E-state index contributed by atoms with van der Waals surface area (Å²) in [5, 5.41) is 18.8. The molecule has 0 atom stereocenters. The highest BCUT2D eigenvalue weighted by Gasteiger charge is 2.16. The van der Waals surface area contributed by atoms with Crippen LogP contribution in [0.25, 0.3) is 5.57 Å². The normalized spacial score (nSPS) is 16.2. The van der Waals surface area contributed by atoms with Crippen LogP contribution in [-0.2, 0) is 0 Å². The van der Waals surface area contributed by atoms with Crippen molar-refractivity contribution in [2.75, 3.05) is 11.9 Å². The van der Waals surface area contributed by atoms with Gasteiger partial charge >= 0.3 is 0 Å². The van der Waals surface area contributed by atoms with E-state index in [2.05, 4.69) is 47.4 Å². The first kappa shape index (κ1) is 15.4. The molecule has 2 heterocycles. The van der Waals surface area contributed by atoms with Crippen molar-refractivity contribution in [3.63, 3.8) is 0 Å². The van der Waals surface area contributed by atoms with Gasteiger partial charge in [-0.05, 0) is 23.8 Å². The predicted octanol–water partition coefficient (Wildman–Crippen LogP) is 3.32. The van der Waals surface area contributed by atoms with E-state index < -0.39 is 0 Å². The predicted molar refractivity (Wildman–Crippen MR) is 87.0 cm³/mol. The van der Waals surface area contributed by atoms with E-state index in [1.165, 1.54) is 11.8 Å². The molecule has 21 heavy (non-hydrogen) atoms. The third-order valence-electron chi connectivity index (χ3n) is 2.89. The Bertz CT molecular complexity index is 613. The molecular weight excluding hydrogens is 282 g/mol. The summed E-state index contributed by atoms with van der Waals surface area (Å²) in [6, 6.07) is 4.00. The van der Waals surface area contributed by atoms with Crippen molar-refractivity contribution in [1.29, 1.82) is 5.26 Å². The Morgan fingerprint density at radius 1 is 1.52 bits per heavy atom. The number of aromatic nitrogens is 2. The molecule has 1 aromatic heterocycles. The Morgan fingerprint density at radius 2 is 2.33 bits per heavy atom. The van der Waals surface area contributed by atoms with Gasteiger partial charge < -0.3 is 10.6 Å². The zero-order chi connectivity index (χ0) is 15.2. The van der Waals surface area contributed by atoms with Crippen LogP contribution in [0.15, 0.2) is 28.4 Å². The molecule has 6 heteroatoms. The Labute approximate surface area is 129 Å². The van der Waals surface area contributed by atoms with Crippen LogP contribution in [0.2, 0.25) is 0 Å². The van der Waals surface area contributed by atoms with Gasteiger partial charge in [-0.2, -0.15) is 5.26 Å². The summed E-state index contributed by atoms with van der Waals surface area (Å²) in [6.45, 7) is 7.12. The van der Waals surface area contributed by atoms with Crippen LogP contribution in [0.1, 0.15) is 32.9 Å². The van der Waals surface area contributed by atoms with E-state index in [0.29, 0.717) is 23.1 Å². The number of nitriles is 1. The largest absolute Gasteiger partial charge is 0.354 e. The molecule has 1 aliphatic rings. The lowest BCUT2D eigenvalue weighted by molar-refractivity contribution is 0.684. The van der Waals surface area contributed by atoms with Crippen molar-refractivity contribution in [2.45, 2.75) is 27.2 Å². The van der Waals surface area contributed by atoms with Crippen LogP contribution in [-0.4, -0.2) is 16.5 Å². The number of rotatable bonds is 5. The Kier molecular flexibility index (Phi) is 5.23. The van der Waals surface area contributed by atoms with Gasteiger partial charge in [0.1, 0.15) is 11.6 Å². The van der Waals surface area contributed by atoms with Crippen LogP contribution in [0.4, 0.5) is 5.95 Å². The fourth-order valence-corrected chi connectivity index (χ4v) is 2.67. The maximum Gasteiger partial charge on any atom is 0.223 e. The second-order valence-corrected chi connectivity index (χ2v) is 5.98. The molecule has 0 unspecified atom stereocenters. The van der Waals surface area contributed by atoms with Crippen LogP contribution < -0.4 is 10.6 Å². The fourth-order valence-electron chi connectivity index (χ4n) is 1.73. The second kappa shape index (κ2) is 7.14. The quantitative estimate of drug-likeness (QED) is 0.813. The van der Waals surface area contributed by atoms with Gasteiger partial charge in [-0.15, -0.1) is 0 Å². The maximum atomic E-state index is 9.44. The molecular formula is C15H19N5S. The van der Waals surface area contributed by atoms with Gasteiger partial charge in [0.25, 0.3) is 0 Å². The zero-order valence-corrected chi connectivity index (χ0v) is 13.3. The van der Waals surface area contributed by atoms with Crippen molar-refractivity contribution in [3.8, 4) is 6.07 Å². The average molecular weight is 301 g/mol. The number of allylic oxidation sites excluding steroid dienone is 2. The summed E-state index contributed by atoms with van der Waals surface area (Å²) >= 11 is 1.53. The topological polar surface area (TPSA) is 73.6 Å². The third kappa shape index (κ3) is 3.99. The van der Waals surface area contributed by atoms with Gasteiger partial charge in [0.15, 0.2) is 0 Å². The smallest absolute Gasteiger partial charge is 0.223 e. The molecule has 0 aliphatic carbocycles. The van der Waals surface area contributed by atoms with Crippen molar-refractivity contribution in [2.24, 2.45) is 5.92 Å². The Morgan fingerprint density at radius 3 is 2.95 bits per heavy atom. The molecule has 0 spiro atoms. The molecule has 0 aromatic carbocycles. The molecule has 2 rings (SSSR count). The molecule has 0 fully saturated rings. The van der Waals surface area contributed by atoms with Gasteiger partial charge in [0.2, 0.25) is 5.95 Å². The van der Waals surface area contributed by atoms with Gasteiger partial charge in [-0.1, -0.05) is 32.5 Å². The molecule has 0 saturated carbocycles. The number of anilines is 1. The summed E-state index contributed by atoms with van der Waals surface area (Å²) < 4.78 is 0. The molecule has 0 radical (unpaired) electrons. The van der Waals surface area contributed by atoms with Crippen LogP contribution in [0.3, 0.4) is 0 Å². The number of hydrogen-bond donors (Lipinski definition) is 2. The van der Waals surface area contributed by atoms with E-state index in [4.69, 9.17) is 0 Å². The standard InChI is InChI=1S/C15H19N5S/c1-4-11-9-21-14(19-11)12(7-16)13-5-6-17-15(20-13)18-8-10(2)3/h5-6,9-10,19H,4,8H2,1-3H3,(H,17,18,20)/b14-12-. The van der Waals surface area contributed by atoms with Gasteiger partial charge in [-0.3, -0.25) is 0 Å². The van der Waals surface area contributed by atoms with Gasteiger partial charge in [0, 0.05) is 18.4 Å². The minimum Gasteiger partial charge on any atom is -0.354 e. The minimum atomic E-state index is 0.509. The average Bonchev–Trinajstić information content (AvgIpc) is 2.95. The summed E-state index contributed by atoms with van der Waals surface area (Å²) in [7, 11) is 0. The number of hydrogen-bond acceptors (Lipinski definition) is 6. The second-order valence-electron chi connectivity index (χ2n) is 5.10. The minimum absolute atomic E-state index is 0.509. The van der Waals surface area contributed by atoms with Crippen molar-refractivity contribution in [1.82, 2.24) is 15.3 Å². The number of thioether (sulfide) groups is 1. The lowest BCUT2D eigenvalue weighted by Gasteiger charge is -2.09. The van der Waals surface area contributed by atoms with Gasteiger partial charge in [-0.25, -0.2) is 9.97 Å². The molecule has 1 aromatic rings. The van der Waals surface area contributed by atoms with Crippen molar-refractivity contribution < 1.29 is 0 Å². The number of nitrogens with zero attached hydrogens (tertiary/aromatic N) is 3. The van der Waals surface area contributed by atoms with E-state index in [9.17, 15) is 5.26 Å². The van der Waals surface area contributed by atoms with Crippen molar-refractivity contribution >= 4 is 23.3 Å². The van der Waals surface area contributed by atoms with E-state index in [1.807, 2.05) is 5.41 Å². The van der Waals surface area contributed by atoms with E-state index in [1.54, 1.807) is 12.3 Å². The SMILES string of the molecule is CCC1=CS/C(=C(/C#N)c2ccnc(NCC(C)C)n2)N1. The lowest BCUT2D eigenvalue weighted by atomic mass is 10.2. The highest BCUT2D eigenvalue weighted by Crippen LogP contribution is 2.31. The summed E-state index contributed by atoms with van der Waals surface area (Å²) in [5.74, 6) is 1.07. The molecule has 0 saturated heterocycles. The molecule has 2 N–H and O–H groups in total. The molecule has 110 valence electrons. The Hall–Kier alpha value is -2.00. The fraction of sp³-hybridized carbons (Fsp3) is 0.400. The highest BCUT2D eigenvalue weighted by atomic mass is 32.2. The Balaban J connectivity index is 2.22. The van der Waals surface area contributed by atoms with E-state index >= 15 is 0 Å². The van der Waals surface area contributed by atoms with Crippen molar-refractivity contribution in [3.05, 3.63) is 34.1 Å². The van der Waals surface area contributed by atoms with Crippen LogP contribution in [0.5, 0.6) is 0 Å². The first-order valence-corrected chi connectivity index (χ1v) is 7.86. The summed E-state index contributed by atoms with van der Waals surface area (Å²) in [6.07, 6.45) is 2.59. The third-order valence-corrected chi connectivity index (χ3v) is 3.84. The molecule has 0 bridgehead atoms. The molecule has 1 aliphatic heterocycles. The van der Waals surface area contributed by atoms with E-state index in [0.717, 1.165) is 23.7 Å². The molecule has 0 amide bonds. The van der Waals surface area contributed by atoms with Crippen LogP contribution in [0, 0.1) is 17.2 Å². The summed E-state index contributed by atoms with van der Waals surface area (Å²) in [5.41, 5.74) is 2.31. The highest BCUT2D eigenvalue weighted by molar-refractivity contribution is 8.06.